The minimum absolute atomic E-state index is 0.287. The highest BCUT2D eigenvalue weighted by Crippen LogP contribution is 2.41. The number of benzene rings is 1. The minimum atomic E-state index is 0.287. The lowest BCUT2D eigenvalue weighted by Gasteiger charge is -2.41. The zero-order chi connectivity index (χ0) is 12.7. The summed E-state index contributed by atoms with van der Waals surface area (Å²) in [4.78, 5) is 2.57. The van der Waals surface area contributed by atoms with Crippen LogP contribution in [0, 0.1) is 5.92 Å². The van der Waals surface area contributed by atoms with Gasteiger partial charge in [-0.05, 0) is 44.4 Å². The maximum absolute atomic E-state index is 9.49. The first kappa shape index (κ1) is 11.8. The Morgan fingerprint density at radius 3 is 3.00 bits per heavy atom. The molecule has 0 amide bonds. The summed E-state index contributed by atoms with van der Waals surface area (Å²) in [5.74, 6) is 1.89. The van der Waals surface area contributed by atoms with Crippen molar-refractivity contribution in [1.82, 2.24) is 4.90 Å². The van der Waals surface area contributed by atoms with Gasteiger partial charge in [-0.15, -0.1) is 0 Å². The molecular formula is C15H21NO2. The minimum Gasteiger partial charge on any atom is -0.508 e. The van der Waals surface area contributed by atoms with E-state index < -0.39 is 0 Å². The molecule has 0 radical (unpaired) electrons. The van der Waals surface area contributed by atoms with Gasteiger partial charge in [-0.25, -0.2) is 0 Å². The molecule has 1 saturated heterocycles. The van der Waals surface area contributed by atoms with Gasteiger partial charge in [-0.1, -0.05) is 6.92 Å². The van der Waals surface area contributed by atoms with E-state index in [0.717, 1.165) is 24.8 Å². The Morgan fingerprint density at radius 1 is 1.33 bits per heavy atom. The fourth-order valence-corrected chi connectivity index (χ4v) is 3.26. The van der Waals surface area contributed by atoms with Crippen LogP contribution >= 0.6 is 0 Å². The molecule has 0 aliphatic carbocycles. The Kier molecular flexibility index (Phi) is 2.94. The second-order valence-corrected chi connectivity index (χ2v) is 5.65. The first-order valence-corrected chi connectivity index (χ1v) is 6.88. The molecule has 2 heterocycles. The fourth-order valence-electron chi connectivity index (χ4n) is 3.26. The van der Waals surface area contributed by atoms with Crippen LogP contribution in [0.1, 0.15) is 38.3 Å². The van der Waals surface area contributed by atoms with E-state index in [1.165, 1.54) is 18.4 Å². The lowest BCUT2D eigenvalue weighted by Crippen LogP contribution is -2.44. The van der Waals surface area contributed by atoms with Gasteiger partial charge in [0.05, 0.1) is 6.04 Å². The van der Waals surface area contributed by atoms with Crippen LogP contribution in [0.2, 0.25) is 0 Å². The van der Waals surface area contributed by atoms with Gasteiger partial charge in [-0.2, -0.15) is 0 Å². The van der Waals surface area contributed by atoms with E-state index in [0.29, 0.717) is 12.1 Å². The van der Waals surface area contributed by atoms with Gasteiger partial charge in [0.1, 0.15) is 18.1 Å². The number of rotatable bonds is 1. The lowest BCUT2D eigenvalue weighted by atomic mass is 9.90. The van der Waals surface area contributed by atoms with Gasteiger partial charge in [-0.3, -0.25) is 4.90 Å². The number of aromatic hydroxyl groups is 1. The molecule has 0 bridgehead atoms. The Balaban J connectivity index is 1.87. The molecule has 3 atom stereocenters. The first-order chi connectivity index (χ1) is 8.66. The molecule has 3 rings (SSSR count). The zero-order valence-corrected chi connectivity index (χ0v) is 11.1. The van der Waals surface area contributed by atoms with Crippen molar-refractivity contribution in [3.05, 3.63) is 23.8 Å². The van der Waals surface area contributed by atoms with Gasteiger partial charge in [0.15, 0.2) is 0 Å². The third-order valence-corrected chi connectivity index (χ3v) is 4.58. The Hall–Kier alpha value is -1.22. The third kappa shape index (κ3) is 1.87. The number of phenolic OH excluding ortho intramolecular Hbond substituents is 1. The predicted octanol–water partition coefficient (Wildman–Crippen LogP) is 2.95. The van der Waals surface area contributed by atoms with Crippen LogP contribution in [0.25, 0.3) is 0 Å². The fraction of sp³-hybridized carbons (Fsp3) is 0.600. The van der Waals surface area contributed by atoms with Crippen molar-refractivity contribution in [2.45, 2.75) is 38.8 Å². The molecule has 0 spiro atoms. The van der Waals surface area contributed by atoms with E-state index in [9.17, 15) is 5.11 Å². The normalized spacial score (nSPS) is 32.0. The summed E-state index contributed by atoms with van der Waals surface area (Å²) in [6, 6.07) is 6.46. The third-order valence-electron chi connectivity index (χ3n) is 4.58. The predicted molar refractivity (Wildman–Crippen MR) is 70.9 cm³/mol. The monoisotopic (exact) mass is 247 g/mol. The van der Waals surface area contributed by atoms with Crippen LogP contribution in [0.5, 0.6) is 11.5 Å². The van der Waals surface area contributed by atoms with E-state index in [4.69, 9.17) is 4.74 Å². The molecule has 1 fully saturated rings. The van der Waals surface area contributed by atoms with Crippen molar-refractivity contribution in [1.29, 1.82) is 0 Å². The molecular weight excluding hydrogens is 226 g/mol. The molecule has 18 heavy (non-hydrogen) atoms. The summed E-state index contributed by atoms with van der Waals surface area (Å²) >= 11 is 0. The van der Waals surface area contributed by atoms with Crippen molar-refractivity contribution in [3.63, 3.8) is 0 Å². The van der Waals surface area contributed by atoms with E-state index in [1.54, 1.807) is 12.1 Å². The average molecular weight is 247 g/mol. The summed E-state index contributed by atoms with van der Waals surface area (Å²) < 4.78 is 5.73. The number of ether oxygens (including phenoxy) is 1. The van der Waals surface area contributed by atoms with Crippen LogP contribution in [-0.4, -0.2) is 29.2 Å². The Labute approximate surface area is 108 Å². The van der Waals surface area contributed by atoms with E-state index in [2.05, 4.69) is 18.7 Å². The molecule has 1 aromatic carbocycles. The van der Waals surface area contributed by atoms with Gasteiger partial charge < -0.3 is 9.84 Å². The highest BCUT2D eigenvalue weighted by atomic mass is 16.5. The topological polar surface area (TPSA) is 32.7 Å². The van der Waals surface area contributed by atoms with Gasteiger partial charge >= 0.3 is 0 Å². The number of fused-ring (bicyclic) bond motifs is 1. The molecule has 2 aliphatic rings. The summed E-state index contributed by atoms with van der Waals surface area (Å²) in [6.45, 7) is 6.53. The summed E-state index contributed by atoms with van der Waals surface area (Å²) in [6.07, 6.45) is 2.60. The maximum Gasteiger partial charge on any atom is 0.127 e. The second kappa shape index (κ2) is 4.47. The number of hydrogen-bond donors (Lipinski definition) is 1. The van der Waals surface area contributed by atoms with Crippen LogP contribution in [0.4, 0.5) is 0 Å². The Morgan fingerprint density at radius 2 is 2.17 bits per heavy atom. The zero-order valence-electron chi connectivity index (χ0n) is 11.1. The number of phenols is 1. The average Bonchev–Trinajstić information content (AvgIpc) is 2.75. The molecule has 98 valence electrons. The van der Waals surface area contributed by atoms with Crippen molar-refractivity contribution in [2.75, 3.05) is 13.2 Å². The van der Waals surface area contributed by atoms with Crippen molar-refractivity contribution < 1.29 is 9.84 Å². The molecule has 0 aromatic heterocycles. The van der Waals surface area contributed by atoms with E-state index in [1.807, 2.05) is 6.07 Å². The second-order valence-electron chi connectivity index (χ2n) is 5.65. The quantitative estimate of drug-likeness (QED) is 0.828. The van der Waals surface area contributed by atoms with Crippen molar-refractivity contribution in [2.24, 2.45) is 5.92 Å². The SMILES string of the molecule is CC1CCCN(C2COc3cc(O)ccc32)C1C. The number of likely N-dealkylation sites (tertiary alicyclic amines) is 1. The molecule has 3 heteroatoms. The van der Waals surface area contributed by atoms with Crippen molar-refractivity contribution in [3.8, 4) is 11.5 Å². The van der Waals surface area contributed by atoms with E-state index in [-0.39, 0.29) is 5.75 Å². The van der Waals surface area contributed by atoms with Gasteiger partial charge in [0.25, 0.3) is 0 Å². The number of hydrogen-bond acceptors (Lipinski definition) is 3. The molecule has 1 N–H and O–H groups in total. The largest absolute Gasteiger partial charge is 0.508 e. The van der Waals surface area contributed by atoms with Crippen molar-refractivity contribution >= 4 is 0 Å². The van der Waals surface area contributed by atoms with Gasteiger partial charge in [0, 0.05) is 17.7 Å². The molecule has 3 nitrogen and oxygen atoms in total. The number of piperidine rings is 1. The van der Waals surface area contributed by atoms with Gasteiger partial charge in [0.2, 0.25) is 0 Å². The summed E-state index contributed by atoms with van der Waals surface area (Å²) in [5.41, 5.74) is 1.23. The van der Waals surface area contributed by atoms with Crippen LogP contribution < -0.4 is 4.74 Å². The smallest absolute Gasteiger partial charge is 0.127 e. The highest BCUT2D eigenvalue weighted by Gasteiger charge is 2.35. The summed E-state index contributed by atoms with van der Waals surface area (Å²) in [7, 11) is 0. The Bertz CT molecular complexity index is 446. The van der Waals surface area contributed by atoms with Crippen LogP contribution in [0.3, 0.4) is 0 Å². The highest BCUT2D eigenvalue weighted by molar-refractivity contribution is 5.44. The van der Waals surface area contributed by atoms with E-state index >= 15 is 0 Å². The first-order valence-electron chi connectivity index (χ1n) is 6.88. The summed E-state index contributed by atoms with van der Waals surface area (Å²) in [5, 5.41) is 9.49. The molecule has 3 unspecified atom stereocenters. The molecule has 1 aromatic rings. The number of nitrogens with zero attached hydrogens (tertiary/aromatic N) is 1. The standard InChI is InChI=1S/C15H21NO2/c1-10-4-3-7-16(11(10)2)14-9-18-15-8-12(17)5-6-13(14)15/h5-6,8,10-11,14,17H,3-4,7,9H2,1-2H3. The molecule has 0 saturated carbocycles. The van der Waals surface area contributed by atoms with Crippen LogP contribution in [-0.2, 0) is 0 Å². The maximum atomic E-state index is 9.49. The van der Waals surface area contributed by atoms with Crippen LogP contribution in [0.15, 0.2) is 18.2 Å². The molecule has 2 aliphatic heterocycles. The lowest BCUT2D eigenvalue weighted by molar-refractivity contribution is 0.0571.